The summed E-state index contributed by atoms with van der Waals surface area (Å²) in [5.41, 5.74) is 4.02. The van der Waals surface area contributed by atoms with E-state index >= 15 is 0 Å². The van der Waals surface area contributed by atoms with Crippen molar-refractivity contribution in [1.29, 1.82) is 0 Å². The van der Waals surface area contributed by atoms with E-state index in [0.29, 0.717) is 11.7 Å². The Morgan fingerprint density at radius 1 is 1.19 bits per heavy atom. The molecule has 0 fully saturated rings. The lowest BCUT2D eigenvalue weighted by molar-refractivity contribution is -0.120. The Morgan fingerprint density at radius 2 is 1.85 bits per heavy atom. The average Bonchev–Trinajstić information content (AvgIpc) is 3.12. The molecular weight excluding hydrogens is 361 g/mol. The van der Waals surface area contributed by atoms with Crippen molar-refractivity contribution in [2.45, 2.75) is 26.4 Å². The van der Waals surface area contributed by atoms with E-state index < -0.39 is 0 Å². The van der Waals surface area contributed by atoms with Crippen LogP contribution in [0.25, 0.3) is 11.3 Å². The number of carbonyl (C=O) groups is 1. The van der Waals surface area contributed by atoms with E-state index in [1.807, 2.05) is 55.4 Å². The van der Waals surface area contributed by atoms with Crippen LogP contribution in [-0.2, 0) is 11.3 Å². The van der Waals surface area contributed by atoms with Gasteiger partial charge in [0.1, 0.15) is 5.82 Å². The largest absolute Gasteiger partial charge is 0.301 e. The first-order valence-electron chi connectivity index (χ1n) is 8.70. The summed E-state index contributed by atoms with van der Waals surface area (Å²) in [5.74, 6) is -0.384. The number of halogens is 1. The molecule has 6 heteroatoms. The number of thiazole rings is 1. The van der Waals surface area contributed by atoms with Gasteiger partial charge in [0.15, 0.2) is 5.13 Å². The minimum absolute atomic E-state index is 0.121. The Kier molecular flexibility index (Phi) is 5.98. The zero-order chi connectivity index (χ0) is 19.4. The van der Waals surface area contributed by atoms with E-state index in [1.165, 1.54) is 29.0 Å². The van der Waals surface area contributed by atoms with Crippen LogP contribution in [0.1, 0.15) is 18.1 Å². The summed E-state index contributed by atoms with van der Waals surface area (Å²) < 4.78 is 13.0. The second-order valence-corrected chi connectivity index (χ2v) is 7.47. The average molecular weight is 383 g/mol. The number of nitrogens with one attached hydrogen (secondary N) is 1. The van der Waals surface area contributed by atoms with E-state index in [-0.39, 0.29) is 17.8 Å². The maximum Gasteiger partial charge on any atom is 0.243 e. The van der Waals surface area contributed by atoms with Crippen molar-refractivity contribution < 1.29 is 9.18 Å². The maximum absolute atomic E-state index is 13.0. The third-order valence-electron chi connectivity index (χ3n) is 4.47. The van der Waals surface area contributed by atoms with Crippen molar-refractivity contribution >= 4 is 22.4 Å². The highest BCUT2D eigenvalue weighted by Gasteiger charge is 2.19. The van der Waals surface area contributed by atoms with E-state index in [4.69, 9.17) is 0 Å². The quantitative estimate of drug-likeness (QED) is 0.670. The second kappa shape index (κ2) is 8.41. The van der Waals surface area contributed by atoms with Crippen molar-refractivity contribution in [2.24, 2.45) is 0 Å². The summed E-state index contributed by atoms with van der Waals surface area (Å²) in [6.45, 7) is 4.44. The number of carbonyl (C=O) groups excluding carboxylic acids is 1. The highest BCUT2D eigenvalue weighted by Crippen LogP contribution is 2.25. The van der Waals surface area contributed by atoms with Gasteiger partial charge in [-0.3, -0.25) is 9.69 Å². The maximum atomic E-state index is 13.0. The van der Waals surface area contributed by atoms with Crippen molar-refractivity contribution in [3.8, 4) is 11.3 Å². The molecule has 1 N–H and O–H groups in total. The summed E-state index contributed by atoms with van der Waals surface area (Å²) in [4.78, 5) is 19.0. The standard InChI is InChI=1S/C21H22FN3OS/c1-14-4-8-17(9-5-14)19-13-27-21(23-19)24-20(26)15(2)25(3)12-16-6-10-18(22)11-7-16/h4-11,13,15H,12H2,1-3H3,(H,23,24,26). The van der Waals surface area contributed by atoms with Crippen LogP contribution in [0.5, 0.6) is 0 Å². The number of rotatable bonds is 6. The van der Waals surface area contributed by atoms with Crippen molar-refractivity contribution in [2.75, 3.05) is 12.4 Å². The minimum Gasteiger partial charge on any atom is -0.301 e. The lowest BCUT2D eigenvalue weighted by atomic mass is 10.1. The molecule has 0 aliphatic heterocycles. The first-order chi connectivity index (χ1) is 12.9. The number of benzene rings is 2. The van der Waals surface area contributed by atoms with Crippen LogP contribution in [0.3, 0.4) is 0 Å². The predicted octanol–water partition coefficient (Wildman–Crippen LogP) is 4.72. The zero-order valence-electron chi connectivity index (χ0n) is 15.6. The van der Waals surface area contributed by atoms with Gasteiger partial charge in [0.2, 0.25) is 5.91 Å². The number of aryl methyl sites for hydroxylation is 1. The fourth-order valence-corrected chi connectivity index (χ4v) is 3.34. The Hall–Kier alpha value is -2.57. The van der Waals surface area contributed by atoms with Gasteiger partial charge in [-0.2, -0.15) is 0 Å². The molecule has 3 rings (SSSR count). The fraction of sp³-hybridized carbons (Fsp3) is 0.238. The van der Waals surface area contributed by atoms with E-state index in [1.54, 1.807) is 12.1 Å². The summed E-state index contributed by atoms with van der Waals surface area (Å²) in [5, 5.41) is 5.40. The van der Waals surface area contributed by atoms with Gasteiger partial charge in [0.05, 0.1) is 11.7 Å². The van der Waals surface area contributed by atoms with Crippen LogP contribution in [0, 0.1) is 12.7 Å². The molecule has 0 saturated carbocycles. The van der Waals surface area contributed by atoms with Crippen LogP contribution < -0.4 is 5.32 Å². The number of likely N-dealkylation sites (N-methyl/N-ethyl adjacent to an activating group) is 1. The van der Waals surface area contributed by atoms with E-state index in [9.17, 15) is 9.18 Å². The summed E-state index contributed by atoms with van der Waals surface area (Å²) >= 11 is 1.41. The highest BCUT2D eigenvalue weighted by molar-refractivity contribution is 7.14. The molecule has 0 radical (unpaired) electrons. The fourth-order valence-electron chi connectivity index (χ4n) is 2.61. The monoisotopic (exact) mass is 383 g/mol. The second-order valence-electron chi connectivity index (χ2n) is 6.61. The van der Waals surface area contributed by atoms with Gasteiger partial charge < -0.3 is 5.32 Å². The number of hydrogen-bond acceptors (Lipinski definition) is 4. The number of amides is 1. The molecule has 140 valence electrons. The van der Waals surface area contributed by atoms with Gasteiger partial charge in [0, 0.05) is 17.5 Å². The van der Waals surface area contributed by atoms with Gasteiger partial charge in [-0.25, -0.2) is 9.37 Å². The first-order valence-corrected chi connectivity index (χ1v) is 9.58. The third kappa shape index (κ3) is 4.99. The van der Waals surface area contributed by atoms with Gasteiger partial charge in [0.25, 0.3) is 0 Å². The molecule has 1 amide bonds. The molecule has 0 aliphatic carbocycles. The Morgan fingerprint density at radius 3 is 2.52 bits per heavy atom. The Labute approximate surface area is 162 Å². The Balaban J connectivity index is 1.60. The van der Waals surface area contributed by atoms with Gasteiger partial charge >= 0.3 is 0 Å². The molecule has 0 saturated heterocycles. The molecule has 27 heavy (non-hydrogen) atoms. The molecule has 1 atom stereocenters. The molecule has 3 aromatic rings. The summed E-state index contributed by atoms with van der Waals surface area (Å²) in [7, 11) is 1.87. The van der Waals surface area contributed by atoms with Gasteiger partial charge in [-0.15, -0.1) is 11.3 Å². The van der Waals surface area contributed by atoms with Gasteiger partial charge in [-0.05, 0) is 38.6 Å². The predicted molar refractivity (Wildman–Crippen MR) is 108 cm³/mol. The smallest absolute Gasteiger partial charge is 0.243 e. The van der Waals surface area contributed by atoms with Crippen LogP contribution in [0.15, 0.2) is 53.9 Å². The molecule has 0 bridgehead atoms. The van der Waals surface area contributed by atoms with Crippen LogP contribution >= 0.6 is 11.3 Å². The molecule has 1 unspecified atom stereocenters. The van der Waals surface area contributed by atoms with Crippen molar-refractivity contribution in [3.05, 3.63) is 70.9 Å². The molecule has 1 aromatic heterocycles. The SMILES string of the molecule is Cc1ccc(-c2csc(NC(=O)C(C)N(C)Cc3ccc(F)cc3)n2)cc1. The molecule has 0 aliphatic rings. The zero-order valence-corrected chi connectivity index (χ0v) is 16.4. The topological polar surface area (TPSA) is 45.2 Å². The molecule has 0 spiro atoms. The van der Waals surface area contributed by atoms with Crippen molar-refractivity contribution in [3.63, 3.8) is 0 Å². The number of anilines is 1. The number of nitrogens with zero attached hydrogens (tertiary/aromatic N) is 2. The minimum atomic E-state index is -0.346. The molecule has 1 heterocycles. The third-order valence-corrected chi connectivity index (χ3v) is 5.23. The Bertz CT molecular complexity index is 906. The van der Waals surface area contributed by atoms with Crippen LogP contribution in [-0.4, -0.2) is 28.9 Å². The molecule has 4 nitrogen and oxygen atoms in total. The van der Waals surface area contributed by atoms with Crippen LogP contribution in [0.2, 0.25) is 0 Å². The highest BCUT2D eigenvalue weighted by atomic mass is 32.1. The lowest BCUT2D eigenvalue weighted by Crippen LogP contribution is -2.39. The summed E-state index contributed by atoms with van der Waals surface area (Å²) in [6.07, 6.45) is 0. The first kappa shape index (κ1) is 19.2. The number of aromatic nitrogens is 1. The van der Waals surface area contributed by atoms with E-state index in [0.717, 1.165) is 16.8 Å². The summed E-state index contributed by atoms with van der Waals surface area (Å²) in [6, 6.07) is 14.1. The normalized spacial score (nSPS) is 12.2. The lowest BCUT2D eigenvalue weighted by Gasteiger charge is -2.23. The van der Waals surface area contributed by atoms with Crippen LogP contribution in [0.4, 0.5) is 9.52 Å². The van der Waals surface area contributed by atoms with E-state index in [2.05, 4.69) is 10.3 Å². The molecule has 2 aromatic carbocycles. The van der Waals surface area contributed by atoms with Crippen molar-refractivity contribution in [1.82, 2.24) is 9.88 Å². The van der Waals surface area contributed by atoms with Gasteiger partial charge in [-0.1, -0.05) is 42.0 Å². The number of hydrogen-bond donors (Lipinski definition) is 1. The molecular formula is C21H22FN3OS.